The SMILES string of the molecule is O=[N+]([O-])c1ccccc1O.O=[N+]([O-])c1ccccc1OCCCl. The van der Waals surface area contributed by atoms with Gasteiger partial charge < -0.3 is 9.84 Å². The van der Waals surface area contributed by atoms with Crippen LogP contribution in [0.2, 0.25) is 0 Å². The molecule has 0 heterocycles. The lowest BCUT2D eigenvalue weighted by molar-refractivity contribution is -0.386. The summed E-state index contributed by atoms with van der Waals surface area (Å²) in [6, 6.07) is 11.8. The van der Waals surface area contributed by atoms with E-state index in [1.165, 1.54) is 30.3 Å². The number of rotatable bonds is 5. The molecule has 0 amide bonds. The fourth-order valence-corrected chi connectivity index (χ4v) is 1.57. The second-order valence-corrected chi connectivity index (χ2v) is 4.39. The molecule has 0 radical (unpaired) electrons. The van der Waals surface area contributed by atoms with E-state index in [9.17, 15) is 20.2 Å². The molecule has 0 aliphatic carbocycles. The largest absolute Gasteiger partial charge is 0.502 e. The van der Waals surface area contributed by atoms with Crippen LogP contribution < -0.4 is 4.74 Å². The van der Waals surface area contributed by atoms with Gasteiger partial charge in [-0.3, -0.25) is 20.2 Å². The molecule has 0 saturated heterocycles. The molecule has 23 heavy (non-hydrogen) atoms. The van der Waals surface area contributed by atoms with Gasteiger partial charge in [0, 0.05) is 12.1 Å². The molecule has 1 N–H and O–H groups in total. The van der Waals surface area contributed by atoms with E-state index in [2.05, 4.69) is 0 Å². The molecule has 0 aromatic heterocycles. The van der Waals surface area contributed by atoms with Gasteiger partial charge in [0.1, 0.15) is 6.61 Å². The summed E-state index contributed by atoms with van der Waals surface area (Å²) in [5, 5.41) is 29.4. The Balaban J connectivity index is 0.000000238. The van der Waals surface area contributed by atoms with Crippen LogP contribution in [0.5, 0.6) is 11.5 Å². The number of halogens is 1. The molecule has 122 valence electrons. The molecular formula is C14H13ClN2O6. The summed E-state index contributed by atoms with van der Waals surface area (Å²) in [6.07, 6.45) is 0. The van der Waals surface area contributed by atoms with Gasteiger partial charge in [0.2, 0.25) is 0 Å². The number of phenols is 1. The quantitative estimate of drug-likeness (QED) is 0.505. The third-order valence-electron chi connectivity index (χ3n) is 2.48. The molecule has 2 rings (SSSR count). The van der Waals surface area contributed by atoms with Crippen LogP contribution in [0.25, 0.3) is 0 Å². The highest BCUT2D eigenvalue weighted by Gasteiger charge is 2.12. The molecule has 0 fully saturated rings. The Kier molecular flexibility index (Phi) is 7.28. The molecule has 2 aromatic carbocycles. The molecule has 0 aliphatic heterocycles. The van der Waals surface area contributed by atoms with Gasteiger partial charge >= 0.3 is 11.4 Å². The Morgan fingerprint density at radius 3 is 1.96 bits per heavy atom. The van der Waals surface area contributed by atoms with Gasteiger partial charge in [0.15, 0.2) is 11.5 Å². The average Bonchev–Trinajstić information content (AvgIpc) is 2.54. The van der Waals surface area contributed by atoms with Gasteiger partial charge in [-0.05, 0) is 12.1 Å². The average molecular weight is 341 g/mol. The Hall–Kier alpha value is -2.87. The Morgan fingerprint density at radius 2 is 1.48 bits per heavy atom. The molecule has 0 spiro atoms. The number of benzene rings is 2. The van der Waals surface area contributed by atoms with Crippen LogP contribution in [-0.4, -0.2) is 27.4 Å². The number of hydrogen-bond acceptors (Lipinski definition) is 6. The van der Waals surface area contributed by atoms with Gasteiger partial charge in [-0.1, -0.05) is 24.3 Å². The van der Waals surface area contributed by atoms with Crippen molar-refractivity contribution in [1.29, 1.82) is 0 Å². The molecule has 0 saturated carbocycles. The van der Waals surface area contributed by atoms with Gasteiger partial charge in [-0.2, -0.15) is 0 Å². The summed E-state index contributed by atoms with van der Waals surface area (Å²) in [6.45, 7) is 0.270. The van der Waals surface area contributed by atoms with Crippen LogP contribution in [0.4, 0.5) is 11.4 Å². The summed E-state index contributed by atoms with van der Waals surface area (Å²) < 4.78 is 5.07. The van der Waals surface area contributed by atoms with Crippen LogP contribution in [0.3, 0.4) is 0 Å². The third kappa shape index (κ3) is 5.79. The van der Waals surface area contributed by atoms with E-state index in [1.807, 2.05) is 0 Å². The first-order chi connectivity index (χ1) is 11.0. The van der Waals surface area contributed by atoms with Gasteiger partial charge in [0.05, 0.1) is 15.7 Å². The van der Waals surface area contributed by atoms with Crippen LogP contribution in [0.1, 0.15) is 0 Å². The second kappa shape index (κ2) is 9.21. The fraction of sp³-hybridized carbons (Fsp3) is 0.143. The molecule has 0 unspecified atom stereocenters. The smallest absolute Gasteiger partial charge is 0.310 e. The Bertz CT molecular complexity index is 680. The predicted octanol–water partition coefficient (Wildman–Crippen LogP) is 3.51. The van der Waals surface area contributed by atoms with E-state index < -0.39 is 9.85 Å². The molecule has 9 heteroatoms. The minimum absolute atomic E-state index is 0.0346. The lowest BCUT2D eigenvalue weighted by Crippen LogP contribution is -2.00. The highest BCUT2D eigenvalue weighted by atomic mass is 35.5. The molecule has 2 aromatic rings. The number of alkyl halides is 1. The van der Waals surface area contributed by atoms with Crippen molar-refractivity contribution in [1.82, 2.24) is 0 Å². The molecule has 8 nitrogen and oxygen atoms in total. The lowest BCUT2D eigenvalue weighted by atomic mass is 10.3. The van der Waals surface area contributed by atoms with Crippen molar-refractivity contribution in [3.8, 4) is 11.5 Å². The summed E-state index contributed by atoms with van der Waals surface area (Å²) in [4.78, 5) is 19.4. The molecule has 0 aliphatic rings. The van der Waals surface area contributed by atoms with Gasteiger partial charge in [-0.25, -0.2) is 0 Å². The maximum absolute atomic E-state index is 10.5. The summed E-state index contributed by atoms with van der Waals surface area (Å²) in [5.74, 6) is 0.270. The van der Waals surface area contributed by atoms with Crippen molar-refractivity contribution in [2.45, 2.75) is 0 Å². The van der Waals surface area contributed by atoms with Gasteiger partial charge in [-0.15, -0.1) is 11.6 Å². The number of nitro groups is 2. The molecule has 0 atom stereocenters. The summed E-state index contributed by atoms with van der Waals surface area (Å²) >= 11 is 5.39. The first-order valence-corrected chi connectivity index (χ1v) is 6.85. The first kappa shape index (κ1) is 18.2. The predicted molar refractivity (Wildman–Crippen MR) is 84.1 cm³/mol. The Morgan fingerprint density at radius 1 is 0.957 bits per heavy atom. The summed E-state index contributed by atoms with van der Waals surface area (Å²) in [7, 11) is 0. The van der Waals surface area contributed by atoms with E-state index in [4.69, 9.17) is 21.4 Å². The number of phenolic OH excluding ortho intramolecular Hbond substituents is 1. The number of nitrogens with zero attached hydrogens (tertiary/aromatic N) is 2. The standard InChI is InChI=1S/C8H8ClNO3.C6H5NO3/c9-5-6-13-8-4-2-1-3-7(8)10(11)12;8-6-4-2-1-3-5(6)7(9)10/h1-4H,5-6H2;1-4,8H. The zero-order chi connectivity index (χ0) is 17.2. The normalized spacial score (nSPS) is 9.43. The van der Waals surface area contributed by atoms with Crippen molar-refractivity contribution < 1.29 is 19.7 Å². The maximum Gasteiger partial charge on any atom is 0.310 e. The molecular weight excluding hydrogens is 328 g/mol. The number of ether oxygens (including phenoxy) is 1. The van der Waals surface area contributed by atoms with Crippen LogP contribution in [0.15, 0.2) is 48.5 Å². The van der Waals surface area contributed by atoms with E-state index in [1.54, 1.807) is 18.2 Å². The molecule has 0 bridgehead atoms. The maximum atomic E-state index is 10.5. The fourth-order valence-electron chi connectivity index (χ4n) is 1.50. The van der Waals surface area contributed by atoms with Crippen molar-refractivity contribution in [2.24, 2.45) is 0 Å². The van der Waals surface area contributed by atoms with E-state index in [0.29, 0.717) is 5.88 Å². The lowest BCUT2D eigenvalue weighted by Gasteiger charge is -2.03. The number of hydrogen-bond donors (Lipinski definition) is 1. The summed E-state index contributed by atoms with van der Waals surface area (Å²) in [5.41, 5.74) is -0.296. The highest BCUT2D eigenvalue weighted by molar-refractivity contribution is 6.18. The minimum atomic E-state index is -0.630. The van der Waals surface area contributed by atoms with Crippen molar-refractivity contribution >= 4 is 23.0 Å². The minimum Gasteiger partial charge on any atom is -0.502 e. The zero-order valence-electron chi connectivity index (χ0n) is 11.8. The second-order valence-electron chi connectivity index (χ2n) is 4.01. The topological polar surface area (TPSA) is 116 Å². The third-order valence-corrected chi connectivity index (χ3v) is 2.63. The number of aromatic hydroxyl groups is 1. The number of nitro benzene ring substituents is 2. The van der Waals surface area contributed by atoms with E-state index >= 15 is 0 Å². The first-order valence-electron chi connectivity index (χ1n) is 6.32. The van der Waals surface area contributed by atoms with Crippen LogP contribution >= 0.6 is 11.6 Å². The monoisotopic (exact) mass is 340 g/mol. The van der Waals surface area contributed by atoms with Crippen LogP contribution in [0, 0.1) is 20.2 Å². The number of para-hydroxylation sites is 4. The van der Waals surface area contributed by atoms with E-state index in [-0.39, 0.29) is 29.5 Å². The Labute approximate surface area is 136 Å². The van der Waals surface area contributed by atoms with Crippen LogP contribution in [-0.2, 0) is 0 Å². The van der Waals surface area contributed by atoms with Gasteiger partial charge in [0.25, 0.3) is 0 Å². The van der Waals surface area contributed by atoms with Crippen molar-refractivity contribution in [3.63, 3.8) is 0 Å². The zero-order valence-corrected chi connectivity index (χ0v) is 12.5. The highest BCUT2D eigenvalue weighted by Crippen LogP contribution is 2.25. The van der Waals surface area contributed by atoms with Crippen molar-refractivity contribution in [2.75, 3.05) is 12.5 Å². The van der Waals surface area contributed by atoms with E-state index in [0.717, 1.165) is 0 Å². The van der Waals surface area contributed by atoms with Crippen molar-refractivity contribution in [3.05, 3.63) is 68.8 Å².